The van der Waals surface area contributed by atoms with Crippen LogP contribution < -0.4 is 10.2 Å². The fourth-order valence-electron chi connectivity index (χ4n) is 2.82. The molecule has 1 aromatic carbocycles. The summed E-state index contributed by atoms with van der Waals surface area (Å²) in [6.07, 6.45) is 2.63. The molecule has 106 valence electrons. The van der Waals surface area contributed by atoms with Gasteiger partial charge in [0.1, 0.15) is 0 Å². The Kier molecular flexibility index (Phi) is 3.97. The monoisotopic (exact) mass is 286 g/mol. The summed E-state index contributed by atoms with van der Waals surface area (Å²) < 4.78 is 0. The van der Waals surface area contributed by atoms with Crippen molar-refractivity contribution in [3.63, 3.8) is 0 Å². The summed E-state index contributed by atoms with van der Waals surface area (Å²) in [4.78, 5) is 5.27. The third kappa shape index (κ3) is 2.83. The molecule has 3 heteroatoms. The number of benzene rings is 1. The zero-order chi connectivity index (χ0) is 13.9. The largest absolute Gasteiger partial charge is 0.376 e. The van der Waals surface area contributed by atoms with E-state index in [0.29, 0.717) is 6.04 Å². The van der Waals surface area contributed by atoms with Crippen molar-refractivity contribution in [2.24, 2.45) is 0 Å². The number of aryl methyl sites for hydroxylation is 1. The van der Waals surface area contributed by atoms with Crippen LogP contribution in [-0.2, 0) is 0 Å². The van der Waals surface area contributed by atoms with Gasteiger partial charge in [0.15, 0.2) is 0 Å². The molecule has 1 aliphatic rings. The van der Waals surface area contributed by atoms with Crippen LogP contribution in [0.2, 0.25) is 0 Å². The summed E-state index contributed by atoms with van der Waals surface area (Å²) in [5, 5.41) is 3.69. The van der Waals surface area contributed by atoms with Crippen LogP contribution in [0, 0.1) is 6.92 Å². The molecule has 0 bridgehead atoms. The summed E-state index contributed by atoms with van der Waals surface area (Å²) in [7, 11) is 0. The van der Waals surface area contributed by atoms with Gasteiger partial charge in [-0.05, 0) is 51.0 Å². The molecule has 2 nitrogen and oxygen atoms in total. The minimum absolute atomic E-state index is 0.359. The van der Waals surface area contributed by atoms with E-state index >= 15 is 0 Å². The van der Waals surface area contributed by atoms with Crippen molar-refractivity contribution in [3.8, 4) is 0 Å². The summed E-state index contributed by atoms with van der Waals surface area (Å²) in [6.45, 7) is 6.78. The van der Waals surface area contributed by atoms with Crippen LogP contribution in [0.1, 0.15) is 35.6 Å². The van der Waals surface area contributed by atoms with Crippen LogP contribution in [0.25, 0.3) is 0 Å². The Hall–Kier alpha value is -1.48. The summed E-state index contributed by atoms with van der Waals surface area (Å²) in [5.41, 5.74) is 2.61. The van der Waals surface area contributed by atoms with Crippen molar-refractivity contribution in [1.29, 1.82) is 0 Å². The van der Waals surface area contributed by atoms with E-state index in [1.165, 1.54) is 47.1 Å². The number of anilines is 2. The third-order valence-corrected chi connectivity index (χ3v) is 5.09. The molecule has 2 aromatic rings. The topological polar surface area (TPSA) is 15.3 Å². The molecule has 2 heterocycles. The maximum absolute atomic E-state index is 3.69. The van der Waals surface area contributed by atoms with Crippen molar-refractivity contribution in [3.05, 3.63) is 46.2 Å². The average Bonchev–Trinajstić information content (AvgIpc) is 3.10. The van der Waals surface area contributed by atoms with Gasteiger partial charge in [-0.3, -0.25) is 0 Å². The molecule has 0 aliphatic carbocycles. The van der Waals surface area contributed by atoms with Crippen LogP contribution in [0.5, 0.6) is 0 Å². The maximum Gasteiger partial charge on any atom is 0.0602 e. The Labute approximate surface area is 125 Å². The lowest BCUT2D eigenvalue weighted by Gasteiger charge is -2.24. The number of nitrogens with zero attached hydrogens (tertiary/aromatic N) is 1. The molecule has 1 unspecified atom stereocenters. The summed E-state index contributed by atoms with van der Waals surface area (Å²) in [5.74, 6) is 0. The molecule has 0 saturated carbocycles. The first-order valence-electron chi connectivity index (χ1n) is 7.41. The van der Waals surface area contributed by atoms with E-state index in [1.807, 2.05) is 11.3 Å². The quantitative estimate of drug-likeness (QED) is 0.866. The molecule has 3 rings (SSSR count). The van der Waals surface area contributed by atoms with Gasteiger partial charge in [0, 0.05) is 22.8 Å². The SMILES string of the molecule is Cc1ccc(C(C)Nc2ccccc2N2CCCC2)s1. The molecule has 1 N–H and O–H groups in total. The molecule has 0 radical (unpaired) electrons. The molecule has 1 saturated heterocycles. The van der Waals surface area contributed by atoms with E-state index in [4.69, 9.17) is 0 Å². The predicted molar refractivity (Wildman–Crippen MR) is 89.0 cm³/mol. The summed E-state index contributed by atoms with van der Waals surface area (Å²) in [6, 6.07) is 13.5. The smallest absolute Gasteiger partial charge is 0.0602 e. The first-order valence-corrected chi connectivity index (χ1v) is 8.22. The van der Waals surface area contributed by atoms with Gasteiger partial charge >= 0.3 is 0 Å². The Morgan fingerprint density at radius 1 is 1.10 bits per heavy atom. The zero-order valence-corrected chi connectivity index (χ0v) is 13.0. The molecular formula is C17H22N2S. The number of rotatable bonds is 4. The number of hydrogen-bond donors (Lipinski definition) is 1. The van der Waals surface area contributed by atoms with Gasteiger partial charge < -0.3 is 10.2 Å². The summed E-state index contributed by atoms with van der Waals surface area (Å²) >= 11 is 1.88. The Balaban J connectivity index is 1.79. The first kappa shape index (κ1) is 13.5. The van der Waals surface area contributed by atoms with Crippen LogP contribution >= 0.6 is 11.3 Å². The lowest BCUT2D eigenvalue weighted by atomic mass is 10.2. The van der Waals surface area contributed by atoms with E-state index in [-0.39, 0.29) is 0 Å². The van der Waals surface area contributed by atoms with E-state index in [1.54, 1.807) is 0 Å². The van der Waals surface area contributed by atoms with E-state index in [2.05, 4.69) is 60.5 Å². The second kappa shape index (κ2) is 5.88. The van der Waals surface area contributed by atoms with Crippen molar-refractivity contribution in [2.75, 3.05) is 23.3 Å². The highest BCUT2D eigenvalue weighted by Gasteiger charge is 2.16. The third-order valence-electron chi connectivity index (χ3n) is 3.91. The molecule has 0 spiro atoms. The average molecular weight is 286 g/mol. The van der Waals surface area contributed by atoms with Crippen molar-refractivity contribution in [2.45, 2.75) is 32.7 Å². The van der Waals surface area contributed by atoms with Gasteiger partial charge in [0.2, 0.25) is 0 Å². The zero-order valence-electron chi connectivity index (χ0n) is 12.2. The standard InChI is InChI=1S/C17H22N2S/c1-13-9-10-17(20-13)14(2)18-15-7-3-4-8-16(15)19-11-5-6-12-19/h3-4,7-10,14,18H,5-6,11-12H2,1-2H3. The molecule has 1 fully saturated rings. The number of thiophene rings is 1. The molecule has 1 atom stereocenters. The first-order chi connectivity index (χ1) is 9.74. The molecule has 1 aromatic heterocycles. The van der Waals surface area contributed by atoms with Gasteiger partial charge in [-0.2, -0.15) is 0 Å². The number of nitrogens with one attached hydrogen (secondary N) is 1. The van der Waals surface area contributed by atoms with Crippen LogP contribution in [-0.4, -0.2) is 13.1 Å². The lowest BCUT2D eigenvalue weighted by Crippen LogP contribution is -2.19. The number of para-hydroxylation sites is 2. The second-order valence-corrected chi connectivity index (χ2v) is 6.85. The number of hydrogen-bond acceptors (Lipinski definition) is 3. The Bertz CT molecular complexity index is 570. The molecule has 0 amide bonds. The Morgan fingerprint density at radius 2 is 1.85 bits per heavy atom. The van der Waals surface area contributed by atoms with Crippen molar-refractivity contribution in [1.82, 2.24) is 0 Å². The van der Waals surface area contributed by atoms with Crippen LogP contribution in [0.4, 0.5) is 11.4 Å². The van der Waals surface area contributed by atoms with Gasteiger partial charge in [-0.1, -0.05) is 12.1 Å². The normalized spacial score (nSPS) is 16.4. The highest BCUT2D eigenvalue weighted by molar-refractivity contribution is 7.12. The van der Waals surface area contributed by atoms with E-state index in [0.717, 1.165) is 0 Å². The van der Waals surface area contributed by atoms with Crippen molar-refractivity contribution >= 4 is 22.7 Å². The second-order valence-electron chi connectivity index (χ2n) is 5.53. The molecule has 20 heavy (non-hydrogen) atoms. The lowest BCUT2D eigenvalue weighted by molar-refractivity contribution is 0.898. The van der Waals surface area contributed by atoms with Gasteiger partial charge in [-0.25, -0.2) is 0 Å². The highest BCUT2D eigenvalue weighted by atomic mass is 32.1. The highest BCUT2D eigenvalue weighted by Crippen LogP contribution is 2.32. The minimum Gasteiger partial charge on any atom is -0.376 e. The van der Waals surface area contributed by atoms with Gasteiger partial charge in [0.05, 0.1) is 17.4 Å². The maximum atomic E-state index is 3.69. The van der Waals surface area contributed by atoms with E-state index in [9.17, 15) is 0 Å². The van der Waals surface area contributed by atoms with Crippen molar-refractivity contribution < 1.29 is 0 Å². The predicted octanol–water partition coefficient (Wildman–Crippen LogP) is 4.83. The Morgan fingerprint density at radius 3 is 2.55 bits per heavy atom. The fourth-order valence-corrected chi connectivity index (χ4v) is 3.70. The fraction of sp³-hybridized carbons (Fsp3) is 0.412. The minimum atomic E-state index is 0.359. The van der Waals surface area contributed by atoms with Gasteiger partial charge in [0.25, 0.3) is 0 Å². The van der Waals surface area contributed by atoms with Crippen LogP contribution in [0.3, 0.4) is 0 Å². The van der Waals surface area contributed by atoms with E-state index < -0.39 is 0 Å². The molecular weight excluding hydrogens is 264 g/mol. The molecule has 1 aliphatic heterocycles. The van der Waals surface area contributed by atoms with Crippen LogP contribution in [0.15, 0.2) is 36.4 Å². The van der Waals surface area contributed by atoms with Gasteiger partial charge in [-0.15, -0.1) is 11.3 Å².